The topological polar surface area (TPSA) is 24.4 Å². The molecule has 0 bridgehead atoms. The molecule has 0 aliphatic heterocycles. The van der Waals surface area contributed by atoms with E-state index in [1.54, 1.807) is 7.05 Å². The average molecular weight is 224 g/mol. The highest BCUT2D eigenvalue weighted by molar-refractivity contribution is 5.58. The van der Waals surface area contributed by atoms with Crippen molar-refractivity contribution in [1.82, 2.24) is 5.32 Å². The molecule has 0 saturated carbocycles. The number of rotatable bonds is 4. The molecule has 1 unspecified atom stereocenters. The first kappa shape index (κ1) is 16.4. The van der Waals surface area contributed by atoms with Gasteiger partial charge in [0, 0.05) is 25.7 Å². The number of hydrogen-bond acceptors (Lipinski definition) is 2. The molecule has 1 atom stereocenters. The molecule has 0 heterocycles. The van der Waals surface area contributed by atoms with Crippen LogP contribution in [0.25, 0.3) is 0 Å². The lowest BCUT2D eigenvalue weighted by atomic mass is 10.1. The zero-order valence-corrected chi connectivity index (χ0v) is 9.60. The van der Waals surface area contributed by atoms with E-state index in [2.05, 4.69) is 10.3 Å². The molecule has 5 heteroatoms. The van der Waals surface area contributed by atoms with Gasteiger partial charge < -0.3 is 5.32 Å². The smallest absolute Gasteiger partial charge is 0.391 e. The molecular formula is C10H19F3N2. The third-order valence-corrected chi connectivity index (χ3v) is 1.45. The quantitative estimate of drug-likeness (QED) is 0.727. The second-order valence-electron chi connectivity index (χ2n) is 2.61. The van der Waals surface area contributed by atoms with Gasteiger partial charge in [-0.25, -0.2) is 0 Å². The van der Waals surface area contributed by atoms with Crippen molar-refractivity contribution in [2.45, 2.75) is 33.4 Å². The molecule has 1 N–H and O–H groups in total. The molecule has 15 heavy (non-hydrogen) atoms. The van der Waals surface area contributed by atoms with Gasteiger partial charge >= 0.3 is 6.18 Å². The van der Waals surface area contributed by atoms with Gasteiger partial charge in [0.05, 0.1) is 5.92 Å². The SMILES string of the molecule is CC.CN/C=C\N=CCC(C)C(F)(F)F. The fraction of sp³-hybridized carbons (Fsp3) is 0.700. The predicted molar refractivity (Wildman–Crippen MR) is 57.9 cm³/mol. The van der Waals surface area contributed by atoms with Crippen molar-refractivity contribution in [3.63, 3.8) is 0 Å². The van der Waals surface area contributed by atoms with Crippen LogP contribution in [0.2, 0.25) is 0 Å². The summed E-state index contributed by atoms with van der Waals surface area (Å²) >= 11 is 0. The Labute approximate surface area is 89.3 Å². The third kappa shape index (κ3) is 10.9. The summed E-state index contributed by atoms with van der Waals surface area (Å²) in [5, 5.41) is 2.67. The van der Waals surface area contributed by atoms with Gasteiger partial charge in [-0.3, -0.25) is 4.99 Å². The molecule has 0 amide bonds. The highest BCUT2D eigenvalue weighted by Crippen LogP contribution is 2.27. The van der Waals surface area contributed by atoms with E-state index in [-0.39, 0.29) is 6.42 Å². The summed E-state index contributed by atoms with van der Waals surface area (Å²) in [5.41, 5.74) is 0. The first-order valence-corrected chi connectivity index (χ1v) is 4.89. The van der Waals surface area contributed by atoms with E-state index in [0.29, 0.717) is 0 Å². The Hall–Kier alpha value is -1.00. The maximum absolute atomic E-state index is 11.9. The summed E-state index contributed by atoms with van der Waals surface area (Å²) in [6, 6.07) is 0. The molecule has 0 aliphatic carbocycles. The van der Waals surface area contributed by atoms with E-state index in [4.69, 9.17) is 0 Å². The van der Waals surface area contributed by atoms with Crippen molar-refractivity contribution >= 4 is 6.21 Å². The molecule has 0 aromatic carbocycles. The maximum atomic E-state index is 11.9. The fourth-order valence-corrected chi connectivity index (χ4v) is 0.531. The maximum Gasteiger partial charge on any atom is 0.391 e. The number of nitrogens with zero attached hydrogens (tertiary/aromatic N) is 1. The largest absolute Gasteiger partial charge is 0.393 e. The minimum absolute atomic E-state index is 0.0858. The normalized spacial score (nSPS) is 13.8. The van der Waals surface area contributed by atoms with Crippen molar-refractivity contribution < 1.29 is 13.2 Å². The van der Waals surface area contributed by atoms with Gasteiger partial charge in [0.25, 0.3) is 0 Å². The van der Waals surface area contributed by atoms with Crippen LogP contribution < -0.4 is 5.32 Å². The van der Waals surface area contributed by atoms with Gasteiger partial charge in [0.1, 0.15) is 0 Å². The van der Waals surface area contributed by atoms with Crippen LogP contribution in [0.4, 0.5) is 13.2 Å². The van der Waals surface area contributed by atoms with Crippen molar-refractivity contribution in [2.24, 2.45) is 10.9 Å². The summed E-state index contributed by atoms with van der Waals surface area (Å²) in [4.78, 5) is 3.65. The molecule has 0 saturated heterocycles. The van der Waals surface area contributed by atoms with E-state index in [1.807, 2.05) is 13.8 Å². The minimum atomic E-state index is -4.13. The number of aliphatic imine (C=N–C) groups is 1. The highest BCUT2D eigenvalue weighted by atomic mass is 19.4. The van der Waals surface area contributed by atoms with E-state index in [1.165, 1.54) is 18.6 Å². The molecule has 0 fully saturated rings. The third-order valence-electron chi connectivity index (χ3n) is 1.45. The Morgan fingerprint density at radius 3 is 2.27 bits per heavy atom. The fourth-order valence-electron chi connectivity index (χ4n) is 0.531. The molecule has 0 aliphatic rings. The first-order chi connectivity index (χ1) is 6.98. The van der Waals surface area contributed by atoms with Crippen LogP contribution in [0.5, 0.6) is 0 Å². The van der Waals surface area contributed by atoms with Crippen LogP contribution >= 0.6 is 0 Å². The number of hydrogen-bond donors (Lipinski definition) is 1. The Bertz CT molecular complexity index is 186. The zero-order chi connectivity index (χ0) is 12.3. The van der Waals surface area contributed by atoms with Crippen LogP contribution in [0, 0.1) is 5.92 Å². The molecule has 0 aromatic rings. The monoisotopic (exact) mass is 224 g/mol. The second kappa shape index (κ2) is 9.55. The molecule has 0 spiro atoms. The predicted octanol–water partition coefficient (Wildman–Crippen LogP) is 3.36. The van der Waals surface area contributed by atoms with E-state index in [9.17, 15) is 13.2 Å². The first-order valence-electron chi connectivity index (χ1n) is 4.89. The zero-order valence-electron chi connectivity index (χ0n) is 9.60. The number of halogens is 3. The lowest BCUT2D eigenvalue weighted by molar-refractivity contribution is -0.167. The second-order valence-corrected chi connectivity index (χ2v) is 2.61. The molecule has 0 radical (unpaired) electrons. The van der Waals surface area contributed by atoms with E-state index >= 15 is 0 Å². The Kier molecular flexibility index (Phi) is 10.5. The lowest BCUT2D eigenvalue weighted by Crippen LogP contribution is -2.19. The Balaban J connectivity index is 0. The molecular weight excluding hydrogens is 205 g/mol. The van der Waals surface area contributed by atoms with Crippen LogP contribution in [0.1, 0.15) is 27.2 Å². The van der Waals surface area contributed by atoms with E-state index in [0.717, 1.165) is 6.92 Å². The molecule has 0 aromatic heterocycles. The Morgan fingerprint density at radius 2 is 1.87 bits per heavy atom. The van der Waals surface area contributed by atoms with Gasteiger partial charge in [-0.2, -0.15) is 13.2 Å². The molecule has 0 rings (SSSR count). The van der Waals surface area contributed by atoms with Crippen molar-refractivity contribution in [3.8, 4) is 0 Å². The number of alkyl halides is 3. The van der Waals surface area contributed by atoms with Gasteiger partial charge in [-0.1, -0.05) is 20.8 Å². The van der Waals surface area contributed by atoms with Crippen LogP contribution in [-0.4, -0.2) is 19.4 Å². The summed E-state index contributed by atoms with van der Waals surface area (Å²) in [5.74, 6) is -1.33. The highest BCUT2D eigenvalue weighted by Gasteiger charge is 2.34. The summed E-state index contributed by atoms with van der Waals surface area (Å²) in [6.45, 7) is 5.13. The van der Waals surface area contributed by atoms with Crippen molar-refractivity contribution in [3.05, 3.63) is 12.4 Å². The van der Waals surface area contributed by atoms with Gasteiger partial charge in [-0.15, -0.1) is 0 Å². The average Bonchev–Trinajstić information content (AvgIpc) is 2.19. The summed E-state index contributed by atoms with van der Waals surface area (Å²) < 4.78 is 35.8. The lowest BCUT2D eigenvalue weighted by Gasteiger charge is -2.11. The summed E-state index contributed by atoms with van der Waals surface area (Å²) in [6.07, 6.45) is -0.0137. The standard InChI is InChI=1S/C8H13F3N2.C2H6/c1-7(8(9,10)11)3-4-13-6-5-12-2;1-2/h4-7,12H,3H2,1-2H3;1-2H3/b6-5-,13-4?;. The van der Waals surface area contributed by atoms with Crippen molar-refractivity contribution in [1.29, 1.82) is 0 Å². The molecule has 2 nitrogen and oxygen atoms in total. The van der Waals surface area contributed by atoms with Crippen LogP contribution in [-0.2, 0) is 0 Å². The minimum Gasteiger partial charge on any atom is -0.393 e. The Morgan fingerprint density at radius 1 is 1.33 bits per heavy atom. The van der Waals surface area contributed by atoms with Gasteiger partial charge in [-0.05, 0) is 6.42 Å². The summed E-state index contributed by atoms with van der Waals surface area (Å²) in [7, 11) is 1.68. The number of nitrogens with one attached hydrogen (secondary N) is 1. The van der Waals surface area contributed by atoms with Gasteiger partial charge in [0.15, 0.2) is 0 Å². The van der Waals surface area contributed by atoms with Gasteiger partial charge in [0.2, 0.25) is 0 Å². The van der Waals surface area contributed by atoms with Crippen LogP contribution in [0.15, 0.2) is 17.4 Å². The van der Waals surface area contributed by atoms with Crippen molar-refractivity contribution in [2.75, 3.05) is 7.05 Å². The van der Waals surface area contributed by atoms with E-state index < -0.39 is 12.1 Å². The van der Waals surface area contributed by atoms with Crippen LogP contribution in [0.3, 0.4) is 0 Å². The molecule has 90 valence electrons.